The molecule has 0 N–H and O–H groups in total. The van der Waals surface area contributed by atoms with Gasteiger partial charge < -0.3 is 0 Å². The third-order valence-electron chi connectivity index (χ3n) is 1.67. The van der Waals surface area contributed by atoms with Gasteiger partial charge in [-0.1, -0.05) is 12.1 Å². The number of hydrogen-bond donors (Lipinski definition) is 1. The van der Waals surface area contributed by atoms with Crippen LogP contribution in [0.4, 0.5) is 5.69 Å². The van der Waals surface area contributed by atoms with Crippen LogP contribution in [-0.2, 0) is 29.5 Å². The average molecular weight is 263 g/mol. The first kappa shape index (κ1) is 9.92. The van der Waals surface area contributed by atoms with Gasteiger partial charge in [0.05, 0.1) is 5.69 Å². The fourth-order valence-corrected chi connectivity index (χ4v) is 6.67. The Hall–Kier alpha value is 0.380. The molecule has 1 nitrogen and oxygen atoms in total. The zero-order chi connectivity index (χ0) is 9.47. The Morgan fingerprint density at radius 2 is 2.00 bits per heavy atom. The summed E-state index contributed by atoms with van der Waals surface area (Å²) in [6.07, 6.45) is 0. The summed E-state index contributed by atoms with van der Waals surface area (Å²) in [4.78, 5) is 5.37. The summed E-state index contributed by atoms with van der Waals surface area (Å²) in [5.41, 5.74) is 0.916. The predicted molar refractivity (Wildman–Crippen MR) is 70.5 cm³/mol. The average Bonchev–Trinajstić information content (AvgIpc) is 2.39. The molecule has 0 bridgehead atoms. The van der Waals surface area contributed by atoms with Gasteiger partial charge in [0, 0.05) is 4.90 Å². The molecule has 1 aliphatic rings. The number of fused-ring (bicyclic) bond motifs is 1. The first-order valence-electron chi connectivity index (χ1n) is 3.40. The van der Waals surface area contributed by atoms with Crippen LogP contribution in [0.1, 0.15) is 0 Å². The van der Waals surface area contributed by atoms with E-state index in [1.807, 2.05) is 24.3 Å². The zero-order valence-electron chi connectivity index (χ0n) is 6.34. The number of rotatable bonds is 0. The second kappa shape index (κ2) is 3.51. The van der Waals surface area contributed by atoms with Gasteiger partial charge in [0.1, 0.15) is 0 Å². The molecule has 0 aliphatic carbocycles. The van der Waals surface area contributed by atoms with Gasteiger partial charge in [0.2, 0.25) is 0 Å². The summed E-state index contributed by atoms with van der Waals surface area (Å²) in [6, 6.07) is 7.79. The fraction of sp³-hybridized carbons (Fsp3) is 0. The highest BCUT2D eigenvalue weighted by Crippen LogP contribution is 2.37. The molecule has 2 rings (SSSR count). The van der Waals surface area contributed by atoms with Gasteiger partial charge in [-0.05, 0) is 52.4 Å². The van der Waals surface area contributed by atoms with Crippen molar-refractivity contribution < 1.29 is 0 Å². The zero-order valence-corrected chi connectivity index (χ0v) is 10.5. The van der Waals surface area contributed by atoms with Crippen molar-refractivity contribution in [2.45, 2.75) is 4.90 Å². The molecule has 0 aromatic heterocycles. The Balaban J connectivity index is 2.72. The summed E-state index contributed by atoms with van der Waals surface area (Å²) in [5, 5.41) is 0. The minimum atomic E-state index is -1.69. The highest BCUT2D eigenvalue weighted by atomic mass is 33.1. The Labute approximate surface area is 95.6 Å². The van der Waals surface area contributed by atoms with Gasteiger partial charge in [-0.25, -0.2) is 4.99 Å². The van der Waals surface area contributed by atoms with Crippen molar-refractivity contribution in [2.75, 3.05) is 0 Å². The van der Waals surface area contributed by atoms with Crippen molar-refractivity contribution in [3.05, 3.63) is 24.3 Å². The third kappa shape index (κ3) is 1.55. The molecule has 0 spiro atoms. The number of nitrogens with zero attached hydrogens (tertiary/aromatic N) is 1. The molecule has 1 aliphatic heterocycles. The quantitative estimate of drug-likeness (QED) is 0.439. The first-order valence-corrected chi connectivity index (χ1v) is 8.75. The Morgan fingerprint density at radius 1 is 1.31 bits per heavy atom. The topological polar surface area (TPSA) is 12.4 Å². The van der Waals surface area contributed by atoms with Gasteiger partial charge >= 0.3 is 0 Å². The van der Waals surface area contributed by atoms with E-state index in [-0.39, 0.29) is 0 Å². The van der Waals surface area contributed by atoms with E-state index in [0.717, 1.165) is 15.0 Å². The summed E-state index contributed by atoms with van der Waals surface area (Å²) >= 11 is 14.9. The van der Waals surface area contributed by atoms with E-state index in [9.17, 15) is 0 Å². The Morgan fingerprint density at radius 3 is 2.62 bits per heavy atom. The standard InChI is InChI=1S/C7H5NS5/c9-12-7-8-5-3-1-2-4-6(5)13(7,10)11/h1-4,9H. The van der Waals surface area contributed by atoms with Crippen LogP contribution >= 0.6 is 22.5 Å². The number of hydrogen-bond acceptors (Lipinski definition) is 5. The number of para-hydroxylation sites is 1. The van der Waals surface area contributed by atoms with E-state index < -0.39 is 7.15 Å². The lowest BCUT2D eigenvalue weighted by Crippen LogP contribution is -2.01. The molecular weight excluding hydrogens is 258 g/mol. The number of aliphatic imine (C=N–C) groups is 1. The van der Waals surface area contributed by atoms with Gasteiger partial charge in [-0.3, -0.25) is 0 Å². The second-order valence-electron chi connectivity index (χ2n) is 2.44. The van der Waals surface area contributed by atoms with Crippen molar-refractivity contribution in [3.63, 3.8) is 0 Å². The fourth-order valence-electron chi connectivity index (χ4n) is 1.10. The highest BCUT2D eigenvalue weighted by molar-refractivity contribution is 8.85. The summed E-state index contributed by atoms with van der Waals surface area (Å²) < 4.78 is 0.794. The molecule has 0 saturated carbocycles. The largest absolute Gasteiger partial charge is 0.232 e. The van der Waals surface area contributed by atoms with Gasteiger partial charge in [0.15, 0.2) is 4.38 Å². The van der Waals surface area contributed by atoms with E-state index in [4.69, 9.17) is 22.4 Å². The van der Waals surface area contributed by atoms with Gasteiger partial charge in [-0.2, -0.15) is 0 Å². The lowest BCUT2D eigenvalue weighted by molar-refractivity contribution is 1.41. The number of thiol groups is 1. The van der Waals surface area contributed by atoms with E-state index in [2.05, 4.69) is 16.7 Å². The van der Waals surface area contributed by atoms with E-state index in [1.54, 1.807) is 0 Å². The van der Waals surface area contributed by atoms with Crippen molar-refractivity contribution in [1.82, 2.24) is 0 Å². The molecule has 0 fully saturated rings. The van der Waals surface area contributed by atoms with Crippen LogP contribution in [0.3, 0.4) is 0 Å². The van der Waals surface area contributed by atoms with Gasteiger partial charge in [0.25, 0.3) is 0 Å². The Bertz CT molecular complexity index is 473. The molecule has 0 radical (unpaired) electrons. The summed E-state index contributed by atoms with van der Waals surface area (Å²) in [5.74, 6) is 0. The van der Waals surface area contributed by atoms with Crippen LogP contribution in [0.2, 0.25) is 0 Å². The lowest BCUT2D eigenvalue weighted by Gasteiger charge is -2.02. The maximum atomic E-state index is 5.38. The molecule has 13 heavy (non-hydrogen) atoms. The summed E-state index contributed by atoms with van der Waals surface area (Å²) in [7, 11) is -0.424. The monoisotopic (exact) mass is 263 g/mol. The molecular formula is C7H5NS5. The normalized spacial score (nSPS) is 18.1. The molecule has 0 atom stereocenters. The SMILES string of the molecule is S=S1(=S)C(SS)=Nc2ccccc21. The minimum absolute atomic E-state index is 0.794. The molecule has 6 heteroatoms. The van der Waals surface area contributed by atoms with Gasteiger partial charge in [-0.15, -0.1) is 11.7 Å². The molecule has 0 unspecified atom stereocenters. The second-order valence-corrected chi connectivity index (χ2v) is 9.28. The third-order valence-corrected chi connectivity index (χ3v) is 7.94. The molecule has 68 valence electrons. The summed E-state index contributed by atoms with van der Waals surface area (Å²) in [6.45, 7) is 0. The van der Waals surface area contributed by atoms with Crippen LogP contribution in [0, 0.1) is 0 Å². The van der Waals surface area contributed by atoms with Crippen LogP contribution in [0.25, 0.3) is 0 Å². The van der Waals surface area contributed by atoms with Crippen LogP contribution in [0.15, 0.2) is 34.2 Å². The predicted octanol–water partition coefficient (Wildman–Crippen LogP) is 2.70. The van der Waals surface area contributed by atoms with Crippen molar-refractivity contribution >= 4 is 62.0 Å². The van der Waals surface area contributed by atoms with Crippen LogP contribution in [-0.4, -0.2) is 4.38 Å². The first-order chi connectivity index (χ1) is 6.16. The van der Waals surface area contributed by atoms with E-state index >= 15 is 0 Å². The maximum absolute atomic E-state index is 5.38. The minimum Gasteiger partial charge on any atom is -0.232 e. The van der Waals surface area contributed by atoms with Crippen molar-refractivity contribution in [2.24, 2.45) is 4.99 Å². The van der Waals surface area contributed by atoms with E-state index in [1.165, 1.54) is 10.8 Å². The molecule has 1 heterocycles. The van der Waals surface area contributed by atoms with E-state index in [0.29, 0.717) is 0 Å². The van der Waals surface area contributed by atoms with Crippen molar-refractivity contribution in [1.29, 1.82) is 0 Å². The molecule has 0 saturated heterocycles. The van der Waals surface area contributed by atoms with Crippen LogP contribution in [0.5, 0.6) is 0 Å². The molecule has 0 amide bonds. The molecule has 1 aromatic rings. The number of benzene rings is 1. The van der Waals surface area contributed by atoms with Crippen LogP contribution < -0.4 is 0 Å². The molecule has 1 aromatic carbocycles. The lowest BCUT2D eigenvalue weighted by atomic mass is 10.3. The Kier molecular flexibility index (Phi) is 2.68. The maximum Gasteiger partial charge on any atom is 0.153 e. The van der Waals surface area contributed by atoms with Crippen molar-refractivity contribution in [3.8, 4) is 0 Å². The highest BCUT2D eigenvalue weighted by Gasteiger charge is 2.23. The smallest absolute Gasteiger partial charge is 0.153 e.